The molecule has 21 heavy (non-hydrogen) atoms. The SMILES string of the molecule is [B]c1ccc(CN2CCN(C(=O)OC(C)(C)C)CC2)cc1. The molecule has 1 saturated heterocycles. The molecule has 112 valence electrons. The second-order valence-corrected chi connectivity index (χ2v) is 6.49. The molecule has 1 aromatic carbocycles. The van der Waals surface area contributed by atoms with Crippen molar-refractivity contribution in [1.82, 2.24) is 9.80 Å². The molecule has 0 unspecified atom stereocenters. The Morgan fingerprint density at radius 1 is 1.14 bits per heavy atom. The summed E-state index contributed by atoms with van der Waals surface area (Å²) in [6.45, 7) is 9.72. The molecule has 5 heteroatoms. The van der Waals surface area contributed by atoms with Gasteiger partial charge in [0.25, 0.3) is 0 Å². The van der Waals surface area contributed by atoms with Gasteiger partial charge in [-0.3, -0.25) is 4.90 Å². The van der Waals surface area contributed by atoms with Crippen LogP contribution >= 0.6 is 0 Å². The third-order valence-electron chi connectivity index (χ3n) is 3.41. The van der Waals surface area contributed by atoms with E-state index in [0.29, 0.717) is 13.1 Å². The Bertz CT molecular complexity index is 474. The van der Waals surface area contributed by atoms with Crippen LogP contribution in [0.1, 0.15) is 26.3 Å². The summed E-state index contributed by atoms with van der Waals surface area (Å²) in [7, 11) is 5.69. The molecule has 2 rings (SSSR count). The van der Waals surface area contributed by atoms with Gasteiger partial charge in [-0.25, -0.2) is 4.79 Å². The predicted molar refractivity (Wildman–Crippen MR) is 84.9 cm³/mol. The molecule has 0 aliphatic carbocycles. The topological polar surface area (TPSA) is 32.8 Å². The van der Waals surface area contributed by atoms with Crippen LogP contribution in [0.3, 0.4) is 0 Å². The standard InChI is InChI=1S/C16H23BN2O2/c1-16(2,3)21-15(20)19-10-8-18(9-11-19)12-13-4-6-14(17)7-5-13/h4-7H,8-12H2,1-3H3. The van der Waals surface area contributed by atoms with Crippen LogP contribution in [0, 0.1) is 0 Å². The first kappa shape index (κ1) is 15.9. The number of hydrogen-bond donors (Lipinski definition) is 0. The maximum atomic E-state index is 12.0. The highest BCUT2D eigenvalue weighted by atomic mass is 16.6. The number of amides is 1. The van der Waals surface area contributed by atoms with Crippen molar-refractivity contribution in [1.29, 1.82) is 0 Å². The third kappa shape index (κ3) is 5.08. The highest BCUT2D eigenvalue weighted by Crippen LogP contribution is 2.13. The molecule has 2 radical (unpaired) electrons. The molecular formula is C16H23BN2O2. The van der Waals surface area contributed by atoms with Gasteiger partial charge in [0.15, 0.2) is 0 Å². The summed E-state index contributed by atoms with van der Waals surface area (Å²) in [5.74, 6) is 0. The van der Waals surface area contributed by atoms with Gasteiger partial charge in [-0.15, -0.1) is 0 Å². The Morgan fingerprint density at radius 3 is 2.24 bits per heavy atom. The van der Waals surface area contributed by atoms with Crippen LogP contribution in [0.15, 0.2) is 24.3 Å². The zero-order valence-electron chi connectivity index (χ0n) is 13.1. The normalized spacial score (nSPS) is 16.8. The molecule has 0 saturated carbocycles. The summed E-state index contributed by atoms with van der Waals surface area (Å²) < 4.78 is 5.40. The molecule has 1 aromatic rings. The van der Waals surface area contributed by atoms with E-state index in [-0.39, 0.29) is 6.09 Å². The Labute approximate surface area is 128 Å². The van der Waals surface area contributed by atoms with Gasteiger partial charge < -0.3 is 9.64 Å². The molecule has 1 heterocycles. The van der Waals surface area contributed by atoms with E-state index in [0.717, 1.165) is 25.1 Å². The third-order valence-corrected chi connectivity index (χ3v) is 3.41. The number of carbonyl (C=O) groups excluding carboxylic acids is 1. The van der Waals surface area contributed by atoms with E-state index in [1.54, 1.807) is 4.90 Å². The maximum Gasteiger partial charge on any atom is 0.410 e. The number of nitrogens with zero attached hydrogens (tertiary/aromatic N) is 2. The zero-order valence-corrected chi connectivity index (χ0v) is 13.1. The highest BCUT2D eigenvalue weighted by molar-refractivity contribution is 6.32. The Balaban J connectivity index is 1.80. The number of ether oxygens (including phenoxy) is 1. The van der Waals surface area contributed by atoms with Crippen molar-refractivity contribution in [2.75, 3.05) is 26.2 Å². The smallest absolute Gasteiger partial charge is 0.410 e. The molecule has 0 bridgehead atoms. The fourth-order valence-electron chi connectivity index (χ4n) is 2.30. The predicted octanol–water partition coefficient (Wildman–Crippen LogP) is 1.53. The van der Waals surface area contributed by atoms with Gasteiger partial charge >= 0.3 is 6.09 Å². The molecule has 1 fully saturated rings. The van der Waals surface area contributed by atoms with Crippen molar-refractivity contribution < 1.29 is 9.53 Å². The molecular weight excluding hydrogens is 263 g/mol. The largest absolute Gasteiger partial charge is 0.444 e. The monoisotopic (exact) mass is 286 g/mol. The highest BCUT2D eigenvalue weighted by Gasteiger charge is 2.25. The lowest BCUT2D eigenvalue weighted by atomic mass is 9.95. The van der Waals surface area contributed by atoms with Crippen molar-refractivity contribution in [3.63, 3.8) is 0 Å². The van der Waals surface area contributed by atoms with Crippen LogP contribution in [0.5, 0.6) is 0 Å². The maximum absolute atomic E-state index is 12.0. The van der Waals surface area contributed by atoms with Crippen molar-refractivity contribution in [2.45, 2.75) is 32.9 Å². The summed E-state index contributed by atoms with van der Waals surface area (Å²) in [4.78, 5) is 16.1. The van der Waals surface area contributed by atoms with Crippen LogP contribution in [-0.4, -0.2) is 55.5 Å². The molecule has 1 amide bonds. The quantitative estimate of drug-likeness (QED) is 0.773. The van der Waals surface area contributed by atoms with Crippen molar-refractivity contribution in [2.24, 2.45) is 0 Å². The first-order chi connectivity index (χ1) is 9.83. The van der Waals surface area contributed by atoms with Gasteiger partial charge in [-0.05, 0) is 26.3 Å². The minimum atomic E-state index is -0.432. The number of carbonyl (C=O) groups is 1. The number of benzene rings is 1. The van der Waals surface area contributed by atoms with E-state index in [2.05, 4.69) is 17.0 Å². The van der Waals surface area contributed by atoms with E-state index in [9.17, 15) is 4.79 Å². The molecule has 1 aliphatic heterocycles. The molecule has 0 N–H and O–H groups in total. The average molecular weight is 286 g/mol. The number of piperazine rings is 1. The van der Waals surface area contributed by atoms with Crippen molar-refractivity contribution in [3.8, 4) is 0 Å². The van der Waals surface area contributed by atoms with Crippen LogP contribution < -0.4 is 5.46 Å². The fourth-order valence-corrected chi connectivity index (χ4v) is 2.30. The van der Waals surface area contributed by atoms with Crippen LogP contribution in [0.25, 0.3) is 0 Å². The van der Waals surface area contributed by atoms with E-state index in [4.69, 9.17) is 12.6 Å². The molecule has 0 atom stereocenters. The van der Waals surface area contributed by atoms with Crippen LogP contribution in [0.4, 0.5) is 4.79 Å². The van der Waals surface area contributed by atoms with Gasteiger partial charge in [-0.2, -0.15) is 0 Å². The van der Waals surface area contributed by atoms with Crippen molar-refractivity contribution in [3.05, 3.63) is 29.8 Å². The molecule has 1 aliphatic rings. The van der Waals surface area contributed by atoms with Crippen molar-refractivity contribution >= 4 is 19.4 Å². The molecule has 4 nitrogen and oxygen atoms in total. The van der Waals surface area contributed by atoms with E-state index < -0.39 is 5.60 Å². The van der Waals surface area contributed by atoms with Crippen LogP contribution in [-0.2, 0) is 11.3 Å². The lowest BCUT2D eigenvalue weighted by Gasteiger charge is -2.35. The van der Waals surface area contributed by atoms with E-state index >= 15 is 0 Å². The summed E-state index contributed by atoms with van der Waals surface area (Å²) in [6.07, 6.45) is -0.213. The summed E-state index contributed by atoms with van der Waals surface area (Å²) in [5, 5.41) is 0. The Morgan fingerprint density at radius 2 is 1.71 bits per heavy atom. The summed E-state index contributed by atoms with van der Waals surface area (Å²) in [6, 6.07) is 7.95. The second kappa shape index (κ2) is 6.52. The van der Waals surface area contributed by atoms with Gasteiger partial charge in [0, 0.05) is 32.7 Å². The summed E-state index contributed by atoms with van der Waals surface area (Å²) >= 11 is 0. The zero-order chi connectivity index (χ0) is 15.5. The second-order valence-electron chi connectivity index (χ2n) is 6.49. The van der Waals surface area contributed by atoms with Gasteiger partial charge in [0.1, 0.15) is 13.4 Å². The number of hydrogen-bond acceptors (Lipinski definition) is 3. The molecule has 0 aromatic heterocycles. The van der Waals surface area contributed by atoms with Crippen LogP contribution in [0.2, 0.25) is 0 Å². The van der Waals surface area contributed by atoms with Gasteiger partial charge in [0.05, 0.1) is 0 Å². The van der Waals surface area contributed by atoms with Gasteiger partial charge in [0.2, 0.25) is 0 Å². The Hall–Kier alpha value is -1.49. The first-order valence-corrected chi connectivity index (χ1v) is 7.38. The minimum Gasteiger partial charge on any atom is -0.444 e. The minimum absolute atomic E-state index is 0.213. The number of rotatable bonds is 2. The molecule has 0 spiro atoms. The van der Waals surface area contributed by atoms with Gasteiger partial charge in [-0.1, -0.05) is 29.7 Å². The summed E-state index contributed by atoms with van der Waals surface area (Å²) in [5.41, 5.74) is 1.60. The Kier molecular flexibility index (Phi) is 4.94. The first-order valence-electron chi connectivity index (χ1n) is 7.38. The van der Waals surface area contributed by atoms with E-state index in [1.807, 2.05) is 32.9 Å². The average Bonchev–Trinajstić information content (AvgIpc) is 2.40. The lowest BCUT2D eigenvalue weighted by molar-refractivity contribution is 0.0139. The fraction of sp³-hybridized carbons (Fsp3) is 0.562. The lowest BCUT2D eigenvalue weighted by Crippen LogP contribution is -2.49. The van der Waals surface area contributed by atoms with E-state index in [1.165, 1.54) is 5.56 Å².